The molecule has 0 atom stereocenters. The summed E-state index contributed by atoms with van der Waals surface area (Å²) in [6.07, 6.45) is 0.897. The van der Waals surface area contributed by atoms with Gasteiger partial charge in [-0.1, -0.05) is 6.07 Å². The lowest BCUT2D eigenvalue weighted by atomic mass is 10.1. The summed E-state index contributed by atoms with van der Waals surface area (Å²) in [5, 5.41) is 0. The summed E-state index contributed by atoms with van der Waals surface area (Å²) in [6, 6.07) is 2.54. The number of aromatic nitrogens is 6. The molecule has 0 bridgehead atoms. The number of nitrogens with zero attached hydrogens (tertiary/aromatic N) is 7. The standard InChI is InChI=1S/C26H22F5N7O2/c1-37-11-17(26(29,30)31)35-23(37)15-6-5-14(19(27)20(15)28)10-38-7-8-40-16-9-32-22(36-24(16)38)18-21(13-3-4-13)33-12-34-25(18)39-2/h5-6,9,11-13H,3-4,7-8,10H2,1-2H3. The van der Waals surface area contributed by atoms with Gasteiger partial charge in [-0.15, -0.1) is 0 Å². The van der Waals surface area contributed by atoms with Crippen LogP contribution in [-0.4, -0.2) is 49.7 Å². The van der Waals surface area contributed by atoms with Crippen LogP contribution in [0.25, 0.3) is 22.8 Å². The zero-order valence-corrected chi connectivity index (χ0v) is 21.3. The van der Waals surface area contributed by atoms with Crippen LogP contribution in [0.15, 0.2) is 30.9 Å². The second-order valence-corrected chi connectivity index (χ2v) is 9.53. The number of ether oxygens (including phenoxy) is 2. The lowest BCUT2D eigenvalue weighted by Crippen LogP contribution is -2.33. The Bertz CT molecular complexity index is 1600. The van der Waals surface area contributed by atoms with Gasteiger partial charge >= 0.3 is 6.18 Å². The van der Waals surface area contributed by atoms with Gasteiger partial charge in [-0.25, -0.2) is 33.7 Å². The van der Waals surface area contributed by atoms with Crippen LogP contribution >= 0.6 is 0 Å². The van der Waals surface area contributed by atoms with Crippen molar-refractivity contribution in [3.05, 3.63) is 59.4 Å². The fraction of sp³-hybridized carbons (Fsp3) is 0.346. The Labute approximate surface area is 224 Å². The minimum atomic E-state index is -4.72. The number of methoxy groups -OCH3 is 1. The van der Waals surface area contributed by atoms with E-state index in [2.05, 4.69) is 24.9 Å². The Morgan fingerprint density at radius 1 is 1.07 bits per heavy atom. The van der Waals surface area contributed by atoms with Crippen LogP contribution in [0.1, 0.15) is 35.7 Å². The highest BCUT2D eigenvalue weighted by atomic mass is 19.4. The third kappa shape index (κ3) is 4.56. The maximum absolute atomic E-state index is 15.3. The van der Waals surface area contributed by atoms with Crippen LogP contribution in [0.4, 0.5) is 27.8 Å². The van der Waals surface area contributed by atoms with E-state index in [-0.39, 0.29) is 36.0 Å². The summed E-state index contributed by atoms with van der Waals surface area (Å²) >= 11 is 0. The molecular formula is C26H22F5N7O2. The molecule has 14 heteroatoms. The molecule has 3 aromatic heterocycles. The van der Waals surface area contributed by atoms with Crippen molar-refractivity contribution in [1.29, 1.82) is 0 Å². The number of hydrogen-bond acceptors (Lipinski definition) is 8. The molecule has 40 heavy (non-hydrogen) atoms. The number of aryl methyl sites for hydroxylation is 1. The smallest absolute Gasteiger partial charge is 0.434 e. The highest BCUT2D eigenvalue weighted by Gasteiger charge is 2.35. The topological polar surface area (TPSA) is 91.1 Å². The lowest BCUT2D eigenvalue weighted by Gasteiger charge is -2.30. The Balaban J connectivity index is 1.34. The molecular weight excluding hydrogens is 537 g/mol. The molecule has 4 aromatic rings. The van der Waals surface area contributed by atoms with Crippen molar-refractivity contribution < 1.29 is 31.4 Å². The molecule has 2 aliphatic rings. The van der Waals surface area contributed by atoms with Crippen LogP contribution in [0.2, 0.25) is 0 Å². The third-order valence-electron chi connectivity index (χ3n) is 6.81. The highest BCUT2D eigenvalue weighted by Crippen LogP contribution is 2.45. The number of hydrogen-bond donors (Lipinski definition) is 0. The van der Waals surface area contributed by atoms with Crippen molar-refractivity contribution >= 4 is 5.82 Å². The van der Waals surface area contributed by atoms with Crippen LogP contribution in [0.3, 0.4) is 0 Å². The fourth-order valence-electron chi connectivity index (χ4n) is 4.69. The summed E-state index contributed by atoms with van der Waals surface area (Å²) in [7, 11) is 2.78. The van der Waals surface area contributed by atoms with Crippen molar-refractivity contribution in [2.24, 2.45) is 7.05 Å². The molecule has 0 saturated heterocycles. The number of fused-ring (bicyclic) bond motifs is 1. The maximum Gasteiger partial charge on any atom is 0.434 e. The molecule has 1 saturated carbocycles. The molecule has 0 amide bonds. The first-order valence-electron chi connectivity index (χ1n) is 12.4. The van der Waals surface area contributed by atoms with Crippen molar-refractivity contribution in [3.8, 4) is 34.4 Å². The zero-order valence-electron chi connectivity index (χ0n) is 21.3. The summed E-state index contributed by atoms with van der Waals surface area (Å²) in [6.45, 7) is 0.497. The monoisotopic (exact) mass is 559 g/mol. The van der Waals surface area contributed by atoms with E-state index < -0.39 is 23.5 Å². The Morgan fingerprint density at radius 2 is 1.88 bits per heavy atom. The second-order valence-electron chi connectivity index (χ2n) is 9.53. The summed E-state index contributed by atoms with van der Waals surface area (Å²) in [5.74, 6) is -1.20. The quantitative estimate of drug-likeness (QED) is 0.308. The van der Waals surface area contributed by atoms with Gasteiger partial charge in [-0.3, -0.25) is 0 Å². The minimum Gasteiger partial charge on any atom is -0.486 e. The van der Waals surface area contributed by atoms with E-state index in [1.54, 1.807) is 4.90 Å². The van der Waals surface area contributed by atoms with E-state index in [1.165, 1.54) is 38.8 Å². The van der Waals surface area contributed by atoms with Gasteiger partial charge in [0.15, 0.2) is 34.7 Å². The average molecular weight is 559 g/mol. The summed E-state index contributed by atoms with van der Waals surface area (Å²) < 4.78 is 81.9. The van der Waals surface area contributed by atoms with Gasteiger partial charge in [0.1, 0.15) is 24.3 Å². The average Bonchev–Trinajstić information content (AvgIpc) is 3.71. The second kappa shape index (κ2) is 9.68. The predicted octanol–water partition coefficient (Wildman–Crippen LogP) is 4.92. The molecule has 1 aliphatic carbocycles. The Morgan fingerprint density at radius 3 is 2.58 bits per heavy atom. The molecule has 1 aromatic carbocycles. The first-order chi connectivity index (χ1) is 19.2. The van der Waals surface area contributed by atoms with Gasteiger partial charge in [0.05, 0.1) is 31.1 Å². The van der Waals surface area contributed by atoms with E-state index in [0.29, 0.717) is 35.4 Å². The largest absolute Gasteiger partial charge is 0.486 e. The number of anilines is 1. The fourth-order valence-corrected chi connectivity index (χ4v) is 4.69. The van der Waals surface area contributed by atoms with Gasteiger partial charge in [0.2, 0.25) is 5.88 Å². The van der Waals surface area contributed by atoms with Crippen molar-refractivity contribution in [2.45, 2.75) is 31.5 Å². The molecule has 0 unspecified atom stereocenters. The normalized spacial score (nSPS) is 15.1. The highest BCUT2D eigenvalue weighted by molar-refractivity contribution is 5.69. The SMILES string of the molecule is COc1ncnc(C2CC2)c1-c1ncc2c(n1)N(Cc1ccc(-c3nc(C(F)(F)F)cn3C)c(F)c1F)CCO2. The molecule has 1 aliphatic heterocycles. The van der Waals surface area contributed by atoms with E-state index in [0.717, 1.165) is 29.3 Å². The predicted molar refractivity (Wildman–Crippen MR) is 132 cm³/mol. The number of halogens is 5. The number of alkyl halides is 3. The van der Waals surface area contributed by atoms with Gasteiger partial charge in [-0.05, 0) is 18.9 Å². The van der Waals surface area contributed by atoms with Crippen LogP contribution in [-0.2, 0) is 19.8 Å². The third-order valence-corrected chi connectivity index (χ3v) is 6.81. The molecule has 0 radical (unpaired) electrons. The first-order valence-corrected chi connectivity index (χ1v) is 12.4. The molecule has 1 fully saturated rings. The molecule has 4 heterocycles. The number of imidazole rings is 1. The van der Waals surface area contributed by atoms with Gasteiger partial charge in [-0.2, -0.15) is 13.2 Å². The van der Waals surface area contributed by atoms with Gasteiger partial charge in [0, 0.05) is 31.3 Å². The summed E-state index contributed by atoms with van der Waals surface area (Å²) in [5.41, 5.74) is -0.245. The minimum absolute atomic E-state index is 0.0150. The lowest BCUT2D eigenvalue weighted by molar-refractivity contribution is -0.140. The molecule has 9 nitrogen and oxygen atoms in total. The summed E-state index contributed by atoms with van der Waals surface area (Å²) in [4.78, 5) is 22.9. The number of rotatable bonds is 6. The Hall–Kier alpha value is -4.36. The van der Waals surface area contributed by atoms with Crippen LogP contribution < -0.4 is 14.4 Å². The van der Waals surface area contributed by atoms with E-state index in [1.807, 2.05) is 0 Å². The first kappa shape index (κ1) is 25.9. The van der Waals surface area contributed by atoms with E-state index in [9.17, 15) is 13.2 Å². The van der Waals surface area contributed by atoms with Crippen molar-refractivity contribution in [2.75, 3.05) is 25.2 Å². The Kier molecular flexibility index (Phi) is 6.27. The molecule has 208 valence electrons. The van der Waals surface area contributed by atoms with Crippen LogP contribution in [0, 0.1) is 11.6 Å². The van der Waals surface area contributed by atoms with Gasteiger partial charge < -0.3 is 18.9 Å². The van der Waals surface area contributed by atoms with Gasteiger partial charge in [0.25, 0.3) is 0 Å². The maximum atomic E-state index is 15.3. The van der Waals surface area contributed by atoms with E-state index >= 15 is 8.78 Å². The van der Waals surface area contributed by atoms with Crippen molar-refractivity contribution in [3.63, 3.8) is 0 Å². The molecule has 0 spiro atoms. The molecule has 0 N–H and O–H groups in total. The molecule has 6 rings (SSSR count). The van der Waals surface area contributed by atoms with Crippen molar-refractivity contribution in [1.82, 2.24) is 29.5 Å². The van der Waals surface area contributed by atoms with E-state index in [4.69, 9.17) is 9.47 Å². The van der Waals surface area contributed by atoms with Crippen LogP contribution in [0.5, 0.6) is 11.6 Å². The number of benzene rings is 1. The zero-order chi connectivity index (χ0) is 28.2.